The molecule has 1 aromatic carbocycles. The molecule has 134 valence electrons. The van der Waals surface area contributed by atoms with E-state index in [9.17, 15) is 0 Å². The normalized spacial score (nSPS) is 21.0. The van der Waals surface area contributed by atoms with Gasteiger partial charge in [0.05, 0.1) is 11.7 Å². The minimum atomic E-state index is 0.429. The minimum absolute atomic E-state index is 0.429. The molecular formula is C21H25N5. The number of hydrogen-bond donors (Lipinski definition) is 0. The smallest absolute Gasteiger partial charge is 0.140 e. The quantitative estimate of drug-likeness (QED) is 0.724. The summed E-state index contributed by atoms with van der Waals surface area (Å²) in [5.41, 5.74) is 2.27. The largest absolute Gasteiger partial charge is 0.355 e. The van der Waals surface area contributed by atoms with Gasteiger partial charge < -0.3 is 4.90 Å². The van der Waals surface area contributed by atoms with Crippen molar-refractivity contribution in [1.82, 2.24) is 19.9 Å². The van der Waals surface area contributed by atoms with Gasteiger partial charge in [0.1, 0.15) is 12.1 Å². The number of benzene rings is 1. The van der Waals surface area contributed by atoms with Gasteiger partial charge in [-0.25, -0.2) is 9.97 Å². The first-order valence-electron chi connectivity index (χ1n) is 9.26. The van der Waals surface area contributed by atoms with E-state index < -0.39 is 0 Å². The zero-order valence-electron chi connectivity index (χ0n) is 15.4. The number of nitrogens with zero attached hydrogens (tertiary/aromatic N) is 5. The highest BCUT2D eigenvalue weighted by Crippen LogP contribution is 2.29. The van der Waals surface area contributed by atoms with E-state index in [1.165, 1.54) is 12.0 Å². The topological polar surface area (TPSA) is 45.2 Å². The lowest BCUT2D eigenvalue weighted by molar-refractivity contribution is 0.159. The van der Waals surface area contributed by atoms with Gasteiger partial charge in [-0.3, -0.25) is 9.88 Å². The number of anilines is 1. The Morgan fingerprint density at radius 1 is 1.15 bits per heavy atom. The number of pyridine rings is 1. The van der Waals surface area contributed by atoms with Gasteiger partial charge in [-0.1, -0.05) is 37.3 Å². The van der Waals surface area contributed by atoms with E-state index in [1.54, 1.807) is 12.5 Å². The Balaban J connectivity index is 1.56. The Kier molecular flexibility index (Phi) is 4.80. The molecule has 0 N–H and O–H groups in total. The Morgan fingerprint density at radius 2 is 2.00 bits per heavy atom. The van der Waals surface area contributed by atoms with Crippen molar-refractivity contribution in [1.29, 1.82) is 0 Å². The van der Waals surface area contributed by atoms with Gasteiger partial charge >= 0.3 is 0 Å². The minimum Gasteiger partial charge on any atom is -0.355 e. The molecule has 0 bridgehead atoms. The summed E-state index contributed by atoms with van der Waals surface area (Å²) in [7, 11) is 2.16. The molecule has 0 unspecified atom stereocenters. The SMILES string of the molecule is C[C@@H]1CCN(Cc2ccccc2)C[C@@H]1N(C)c1ncnc2cnccc12. The summed E-state index contributed by atoms with van der Waals surface area (Å²) in [6.45, 7) is 5.55. The van der Waals surface area contributed by atoms with Gasteiger partial charge in [-0.15, -0.1) is 0 Å². The van der Waals surface area contributed by atoms with Crippen molar-refractivity contribution in [2.75, 3.05) is 25.0 Å². The van der Waals surface area contributed by atoms with Crippen molar-refractivity contribution in [2.24, 2.45) is 5.92 Å². The van der Waals surface area contributed by atoms with E-state index in [-0.39, 0.29) is 0 Å². The second-order valence-electron chi connectivity index (χ2n) is 7.26. The molecule has 5 heteroatoms. The molecule has 2 atom stereocenters. The molecular weight excluding hydrogens is 322 g/mol. The fourth-order valence-electron chi connectivity index (χ4n) is 3.94. The highest BCUT2D eigenvalue weighted by atomic mass is 15.3. The standard InChI is InChI=1S/C21H25N5/c1-16-9-11-26(13-17-6-4-3-5-7-17)14-20(16)25(2)21-18-8-10-22-12-19(18)23-15-24-21/h3-8,10,12,15-16,20H,9,11,13-14H2,1-2H3/t16-,20+/m1/s1. The number of hydrogen-bond acceptors (Lipinski definition) is 5. The van der Waals surface area contributed by atoms with E-state index in [4.69, 9.17) is 0 Å². The van der Waals surface area contributed by atoms with Crippen molar-refractivity contribution in [2.45, 2.75) is 25.9 Å². The van der Waals surface area contributed by atoms with Gasteiger partial charge in [-0.2, -0.15) is 0 Å². The van der Waals surface area contributed by atoms with Crippen LogP contribution in [0.1, 0.15) is 18.9 Å². The van der Waals surface area contributed by atoms with Crippen LogP contribution in [-0.2, 0) is 6.54 Å². The van der Waals surface area contributed by atoms with Crippen LogP contribution in [0.25, 0.3) is 10.9 Å². The van der Waals surface area contributed by atoms with E-state index in [2.05, 4.69) is 69.1 Å². The zero-order valence-corrected chi connectivity index (χ0v) is 15.4. The van der Waals surface area contributed by atoms with E-state index in [1.807, 2.05) is 12.3 Å². The van der Waals surface area contributed by atoms with Crippen LogP contribution in [0.4, 0.5) is 5.82 Å². The van der Waals surface area contributed by atoms with Gasteiger partial charge in [0, 0.05) is 37.8 Å². The first-order chi connectivity index (χ1) is 12.7. The summed E-state index contributed by atoms with van der Waals surface area (Å²) in [5, 5.41) is 1.07. The molecule has 0 aliphatic carbocycles. The lowest BCUT2D eigenvalue weighted by Gasteiger charge is -2.42. The predicted octanol–water partition coefficient (Wildman–Crippen LogP) is 3.37. The first kappa shape index (κ1) is 16.9. The second-order valence-corrected chi connectivity index (χ2v) is 7.26. The van der Waals surface area contributed by atoms with Crippen LogP contribution in [0, 0.1) is 5.92 Å². The van der Waals surface area contributed by atoms with Crippen LogP contribution in [-0.4, -0.2) is 46.0 Å². The molecule has 26 heavy (non-hydrogen) atoms. The molecule has 0 amide bonds. The molecule has 4 rings (SSSR count). The predicted molar refractivity (Wildman–Crippen MR) is 105 cm³/mol. The monoisotopic (exact) mass is 347 g/mol. The second kappa shape index (κ2) is 7.38. The maximum absolute atomic E-state index is 4.59. The number of piperidine rings is 1. The lowest BCUT2D eigenvalue weighted by atomic mass is 9.92. The molecule has 0 radical (unpaired) electrons. The first-order valence-corrected chi connectivity index (χ1v) is 9.26. The summed E-state index contributed by atoms with van der Waals surface area (Å²) in [4.78, 5) is 18.0. The Bertz CT molecular complexity index is 861. The average molecular weight is 347 g/mol. The molecule has 0 saturated carbocycles. The number of likely N-dealkylation sites (N-methyl/N-ethyl adjacent to an activating group) is 1. The molecule has 1 aliphatic heterocycles. The van der Waals surface area contributed by atoms with Gasteiger partial charge in [-0.05, 0) is 30.5 Å². The molecule has 1 saturated heterocycles. The maximum Gasteiger partial charge on any atom is 0.140 e. The van der Waals surface area contributed by atoms with Crippen LogP contribution in [0.3, 0.4) is 0 Å². The van der Waals surface area contributed by atoms with Gasteiger partial charge in [0.2, 0.25) is 0 Å². The third-order valence-corrected chi connectivity index (χ3v) is 5.50. The van der Waals surface area contributed by atoms with Crippen LogP contribution in [0.5, 0.6) is 0 Å². The molecule has 1 aliphatic rings. The summed E-state index contributed by atoms with van der Waals surface area (Å²) < 4.78 is 0. The Morgan fingerprint density at radius 3 is 2.85 bits per heavy atom. The molecule has 3 aromatic rings. The van der Waals surface area contributed by atoms with Gasteiger partial charge in [0.25, 0.3) is 0 Å². The van der Waals surface area contributed by atoms with Crippen molar-refractivity contribution in [3.63, 3.8) is 0 Å². The van der Waals surface area contributed by atoms with Crippen LogP contribution in [0.2, 0.25) is 0 Å². The van der Waals surface area contributed by atoms with E-state index in [0.29, 0.717) is 12.0 Å². The Hall–Kier alpha value is -2.53. The summed E-state index contributed by atoms with van der Waals surface area (Å²) in [5.74, 6) is 1.62. The van der Waals surface area contributed by atoms with Crippen LogP contribution < -0.4 is 4.90 Å². The number of likely N-dealkylation sites (tertiary alicyclic amines) is 1. The summed E-state index contributed by atoms with van der Waals surface area (Å²) in [6.07, 6.45) is 6.47. The number of fused-ring (bicyclic) bond motifs is 1. The fraction of sp³-hybridized carbons (Fsp3) is 0.381. The molecule has 5 nitrogen and oxygen atoms in total. The zero-order chi connectivity index (χ0) is 17.9. The third kappa shape index (κ3) is 3.40. The highest BCUT2D eigenvalue weighted by Gasteiger charge is 2.30. The van der Waals surface area contributed by atoms with Crippen LogP contribution in [0.15, 0.2) is 55.1 Å². The average Bonchev–Trinajstić information content (AvgIpc) is 2.69. The van der Waals surface area contributed by atoms with E-state index >= 15 is 0 Å². The summed E-state index contributed by atoms with van der Waals surface area (Å²) >= 11 is 0. The molecule has 0 spiro atoms. The molecule has 3 heterocycles. The van der Waals surface area contributed by atoms with Crippen molar-refractivity contribution in [3.05, 3.63) is 60.7 Å². The number of aromatic nitrogens is 3. The molecule has 2 aromatic heterocycles. The van der Waals surface area contributed by atoms with Crippen molar-refractivity contribution in [3.8, 4) is 0 Å². The third-order valence-electron chi connectivity index (χ3n) is 5.50. The molecule has 1 fully saturated rings. The van der Waals surface area contributed by atoms with Crippen LogP contribution >= 0.6 is 0 Å². The number of rotatable bonds is 4. The lowest BCUT2D eigenvalue weighted by Crippen LogP contribution is -2.50. The Labute approximate surface area is 154 Å². The fourth-order valence-corrected chi connectivity index (χ4v) is 3.94. The van der Waals surface area contributed by atoms with Crippen molar-refractivity contribution < 1.29 is 0 Å². The summed E-state index contributed by atoms with van der Waals surface area (Å²) in [6, 6.07) is 13.2. The van der Waals surface area contributed by atoms with E-state index in [0.717, 1.165) is 36.4 Å². The highest BCUT2D eigenvalue weighted by molar-refractivity contribution is 5.88. The maximum atomic E-state index is 4.59. The van der Waals surface area contributed by atoms with Gasteiger partial charge in [0.15, 0.2) is 0 Å². The van der Waals surface area contributed by atoms with Crippen molar-refractivity contribution >= 4 is 16.7 Å².